The van der Waals surface area contributed by atoms with Crippen molar-refractivity contribution in [1.29, 1.82) is 0 Å². The highest BCUT2D eigenvalue weighted by Gasteiger charge is 2.56. The lowest BCUT2D eigenvalue weighted by Crippen LogP contribution is -2.44. The molecule has 0 aliphatic carbocycles. The Morgan fingerprint density at radius 1 is 1.09 bits per heavy atom. The van der Waals surface area contributed by atoms with E-state index in [0.717, 1.165) is 0 Å². The third kappa shape index (κ3) is 3.98. The van der Waals surface area contributed by atoms with Crippen LogP contribution in [0.4, 0.5) is 37.7 Å². The number of amides is 1. The maximum Gasteiger partial charge on any atom is 0.416 e. The Bertz CT molecular complexity index is 1100. The molecule has 1 amide bonds. The summed E-state index contributed by atoms with van der Waals surface area (Å²) in [6.07, 6.45) is -10.4. The van der Waals surface area contributed by atoms with Crippen LogP contribution in [0.25, 0.3) is 0 Å². The van der Waals surface area contributed by atoms with Crippen LogP contribution < -0.4 is 10.1 Å². The molecule has 0 radical (unpaired) electrons. The Morgan fingerprint density at radius 3 is 2.27 bits per heavy atom. The van der Waals surface area contributed by atoms with E-state index < -0.39 is 40.9 Å². The fraction of sp³-hybridized carbons (Fsp3) is 0.381. The van der Waals surface area contributed by atoms with Gasteiger partial charge in [-0.15, -0.1) is 0 Å². The van der Waals surface area contributed by atoms with Crippen LogP contribution >= 0.6 is 0 Å². The lowest BCUT2D eigenvalue weighted by atomic mass is 9.89. The van der Waals surface area contributed by atoms with Gasteiger partial charge in [0, 0.05) is 31.1 Å². The zero-order valence-corrected chi connectivity index (χ0v) is 17.4. The molecule has 2 atom stereocenters. The van der Waals surface area contributed by atoms with Gasteiger partial charge in [0.1, 0.15) is 17.5 Å². The van der Waals surface area contributed by atoms with Gasteiger partial charge in [-0.3, -0.25) is 4.79 Å². The van der Waals surface area contributed by atoms with Gasteiger partial charge in [0.15, 0.2) is 0 Å². The zero-order valence-electron chi connectivity index (χ0n) is 17.4. The van der Waals surface area contributed by atoms with Gasteiger partial charge < -0.3 is 15.0 Å². The van der Waals surface area contributed by atoms with Crippen LogP contribution in [0.5, 0.6) is 5.75 Å². The fourth-order valence-corrected chi connectivity index (χ4v) is 4.22. The first-order valence-corrected chi connectivity index (χ1v) is 9.80. The number of carbonyl (C=O) groups is 1. The van der Waals surface area contributed by atoms with Gasteiger partial charge in [-0.1, -0.05) is 0 Å². The molecule has 33 heavy (non-hydrogen) atoms. The molecule has 6 nitrogen and oxygen atoms in total. The summed E-state index contributed by atoms with van der Waals surface area (Å²) in [5.41, 5.74) is -3.56. The topological polar surface area (TPSA) is 66.3 Å². The fourth-order valence-electron chi connectivity index (χ4n) is 4.22. The van der Waals surface area contributed by atoms with Gasteiger partial charge in [-0.2, -0.15) is 36.6 Å². The highest BCUT2D eigenvalue weighted by molar-refractivity contribution is 5.77. The number of azo groups is 1. The smallest absolute Gasteiger partial charge is 0.416 e. The van der Waals surface area contributed by atoms with Gasteiger partial charge in [0.2, 0.25) is 5.91 Å². The van der Waals surface area contributed by atoms with Crippen LogP contribution in [0.2, 0.25) is 0 Å². The van der Waals surface area contributed by atoms with Gasteiger partial charge in [0.25, 0.3) is 0 Å². The van der Waals surface area contributed by atoms with Gasteiger partial charge >= 0.3 is 12.4 Å². The first-order chi connectivity index (χ1) is 15.3. The lowest BCUT2D eigenvalue weighted by molar-refractivity contribution is -0.143. The molecule has 2 aliphatic rings. The SMILES string of the molecule is COc1ccc2c(c1)[C@]1(N=Nc3cc(C(F)(F)F)cc(C(F)(F)F)c3)CCN(C(C)=O)[C@@H]1N2. The van der Waals surface area contributed by atoms with E-state index in [1.165, 1.54) is 18.9 Å². The van der Waals surface area contributed by atoms with Crippen molar-refractivity contribution < 1.29 is 35.9 Å². The molecule has 1 N–H and O–H groups in total. The summed E-state index contributed by atoms with van der Waals surface area (Å²) in [5, 5.41) is 11.2. The number of nitrogens with zero attached hydrogens (tertiary/aromatic N) is 3. The van der Waals surface area contributed by atoms with E-state index in [1.54, 1.807) is 18.2 Å². The first-order valence-electron chi connectivity index (χ1n) is 9.80. The van der Waals surface area contributed by atoms with Crippen molar-refractivity contribution in [3.63, 3.8) is 0 Å². The van der Waals surface area contributed by atoms with Crippen LogP contribution in [0.1, 0.15) is 30.0 Å². The Labute approximate surface area is 184 Å². The van der Waals surface area contributed by atoms with E-state index in [1.807, 2.05) is 0 Å². The number of hydrogen-bond donors (Lipinski definition) is 1. The van der Waals surface area contributed by atoms with E-state index in [2.05, 4.69) is 15.5 Å². The molecule has 1 fully saturated rings. The van der Waals surface area contributed by atoms with Crippen molar-refractivity contribution in [2.75, 3.05) is 19.0 Å². The highest BCUT2D eigenvalue weighted by atomic mass is 19.4. The Balaban J connectivity index is 1.83. The molecule has 0 bridgehead atoms. The van der Waals surface area contributed by atoms with Crippen molar-refractivity contribution in [2.24, 2.45) is 10.2 Å². The quantitative estimate of drug-likeness (QED) is 0.459. The standard InChI is InChI=1S/C21H18F6N4O2/c1-11(32)31-6-5-19(16-10-15(33-2)3-4-17(16)28-18(19)31)30-29-14-8-12(20(22,23)24)7-13(9-14)21(25,26)27/h3-4,7-10,18,28H,5-6H2,1-2H3/t18-,19+/m0/s1. The van der Waals surface area contributed by atoms with E-state index >= 15 is 0 Å². The van der Waals surface area contributed by atoms with Gasteiger partial charge in [-0.25, -0.2) is 0 Å². The molecule has 2 aliphatic heterocycles. The number of nitrogens with one attached hydrogen (secondary N) is 1. The van der Waals surface area contributed by atoms with E-state index in [0.29, 0.717) is 29.1 Å². The van der Waals surface area contributed by atoms with Crippen molar-refractivity contribution in [3.8, 4) is 5.75 Å². The summed E-state index contributed by atoms with van der Waals surface area (Å²) < 4.78 is 84.5. The third-order valence-electron chi connectivity index (χ3n) is 5.80. The normalized spacial score (nSPS) is 22.3. The zero-order chi connectivity index (χ0) is 24.2. The molecule has 2 heterocycles. The predicted octanol–water partition coefficient (Wildman–Crippen LogP) is 5.72. The minimum atomic E-state index is -5.00. The minimum Gasteiger partial charge on any atom is -0.497 e. The molecule has 2 aromatic carbocycles. The molecular weight excluding hydrogens is 454 g/mol. The van der Waals surface area contributed by atoms with Crippen molar-refractivity contribution >= 4 is 17.3 Å². The number of methoxy groups -OCH3 is 1. The van der Waals surface area contributed by atoms with Crippen LogP contribution in [0.3, 0.4) is 0 Å². The molecule has 0 spiro atoms. The van der Waals surface area contributed by atoms with Crippen LogP contribution in [0.15, 0.2) is 46.6 Å². The monoisotopic (exact) mass is 472 g/mol. The van der Waals surface area contributed by atoms with E-state index in [9.17, 15) is 31.1 Å². The second-order valence-corrected chi connectivity index (χ2v) is 7.81. The summed E-state index contributed by atoms with van der Waals surface area (Å²) in [6.45, 7) is 1.64. The summed E-state index contributed by atoms with van der Waals surface area (Å²) in [5.74, 6) is 0.216. The number of halogens is 6. The molecule has 2 aromatic rings. The molecule has 4 rings (SSSR count). The molecule has 0 saturated carbocycles. The minimum absolute atomic E-state index is 0.0322. The van der Waals surface area contributed by atoms with Gasteiger partial charge in [-0.05, 0) is 36.4 Å². The Kier molecular flexibility index (Phi) is 5.29. The number of benzene rings is 2. The molecule has 1 saturated heterocycles. The van der Waals surface area contributed by atoms with Crippen LogP contribution in [-0.4, -0.2) is 30.6 Å². The summed E-state index contributed by atoms with van der Waals surface area (Å²) in [6, 6.07) is 6.10. The summed E-state index contributed by atoms with van der Waals surface area (Å²) in [4.78, 5) is 13.6. The Hall–Kier alpha value is -3.31. The number of rotatable bonds is 3. The van der Waals surface area contributed by atoms with Gasteiger partial charge in [0.05, 0.1) is 23.9 Å². The third-order valence-corrected chi connectivity index (χ3v) is 5.80. The molecule has 12 heteroatoms. The number of ether oxygens (including phenoxy) is 1. The average Bonchev–Trinajstić information content (AvgIpc) is 3.24. The second-order valence-electron chi connectivity index (χ2n) is 7.81. The van der Waals surface area contributed by atoms with Crippen molar-refractivity contribution in [1.82, 2.24) is 4.90 Å². The highest BCUT2D eigenvalue weighted by Crippen LogP contribution is 2.51. The van der Waals surface area contributed by atoms with Crippen molar-refractivity contribution in [3.05, 3.63) is 53.1 Å². The molecular formula is C21H18F6N4O2. The number of fused-ring (bicyclic) bond motifs is 3. The van der Waals surface area contributed by atoms with Crippen molar-refractivity contribution in [2.45, 2.75) is 37.4 Å². The summed E-state index contributed by atoms with van der Waals surface area (Å²) >= 11 is 0. The molecule has 0 aromatic heterocycles. The number of alkyl halides is 6. The predicted molar refractivity (Wildman–Crippen MR) is 105 cm³/mol. The maximum absolute atomic E-state index is 13.2. The number of likely N-dealkylation sites (tertiary alicyclic amines) is 1. The molecule has 176 valence electrons. The van der Waals surface area contributed by atoms with E-state index in [-0.39, 0.29) is 24.9 Å². The number of hydrogen-bond acceptors (Lipinski definition) is 5. The second kappa shape index (κ2) is 7.63. The summed E-state index contributed by atoms with van der Waals surface area (Å²) in [7, 11) is 1.45. The van der Waals surface area contributed by atoms with E-state index in [4.69, 9.17) is 4.74 Å². The largest absolute Gasteiger partial charge is 0.497 e. The van der Waals surface area contributed by atoms with Crippen LogP contribution in [0, 0.1) is 0 Å². The average molecular weight is 472 g/mol. The Morgan fingerprint density at radius 2 is 1.73 bits per heavy atom. The molecule has 0 unspecified atom stereocenters. The first kappa shape index (κ1) is 22.9. The lowest BCUT2D eigenvalue weighted by Gasteiger charge is -2.28. The number of carbonyl (C=O) groups excluding carboxylic acids is 1. The number of anilines is 1. The van der Waals surface area contributed by atoms with Crippen LogP contribution in [-0.2, 0) is 22.7 Å². The maximum atomic E-state index is 13.2.